The van der Waals surface area contributed by atoms with Crippen molar-refractivity contribution in [2.75, 3.05) is 0 Å². The van der Waals surface area contributed by atoms with E-state index in [0.717, 1.165) is 11.1 Å². The predicted molar refractivity (Wildman–Crippen MR) is 65.5 cm³/mol. The lowest BCUT2D eigenvalue weighted by Gasteiger charge is -2.11. The summed E-state index contributed by atoms with van der Waals surface area (Å²) >= 11 is 5.94. The van der Waals surface area contributed by atoms with Gasteiger partial charge in [0.05, 0.1) is 12.5 Å². The second-order valence-corrected chi connectivity index (χ2v) is 4.44. The van der Waals surface area contributed by atoms with E-state index in [-0.39, 0.29) is 11.9 Å². The molecule has 0 spiro atoms. The van der Waals surface area contributed by atoms with E-state index in [2.05, 4.69) is 0 Å². The van der Waals surface area contributed by atoms with Gasteiger partial charge in [-0.05, 0) is 42.2 Å². The van der Waals surface area contributed by atoms with Crippen LogP contribution in [0.1, 0.15) is 11.1 Å². The predicted octanol–water partition coefficient (Wildman–Crippen LogP) is 3.18. The van der Waals surface area contributed by atoms with Crippen molar-refractivity contribution in [3.8, 4) is 0 Å². The molecule has 0 radical (unpaired) electrons. The van der Waals surface area contributed by atoms with Gasteiger partial charge in [-0.3, -0.25) is 0 Å². The molecular formula is C13H13ClFNO. The monoisotopic (exact) mass is 253 g/mol. The Morgan fingerprint density at radius 3 is 2.76 bits per heavy atom. The third kappa shape index (κ3) is 3.32. The quantitative estimate of drug-likeness (QED) is 0.909. The van der Waals surface area contributed by atoms with Crippen LogP contribution in [0.2, 0.25) is 5.02 Å². The van der Waals surface area contributed by atoms with E-state index in [0.29, 0.717) is 17.9 Å². The fourth-order valence-corrected chi connectivity index (χ4v) is 2.00. The fourth-order valence-electron chi connectivity index (χ4n) is 1.75. The van der Waals surface area contributed by atoms with Crippen molar-refractivity contribution in [3.63, 3.8) is 0 Å². The van der Waals surface area contributed by atoms with Crippen molar-refractivity contribution < 1.29 is 8.81 Å². The van der Waals surface area contributed by atoms with Gasteiger partial charge < -0.3 is 10.2 Å². The first-order chi connectivity index (χ1) is 8.15. The summed E-state index contributed by atoms with van der Waals surface area (Å²) in [6.07, 6.45) is 4.62. The fraction of sp³-hybridized carbons (Fsp3) is 0.231. The van der Waals surface area contributed by atoms with Crippen molar-refractivity contribution in [3.05, 3.63) is 58.8 Å². The van der Waals surface area contributed by atoms with Gasteiger partial charge in [0.25, 0.3) is 0 Å². The molecule has 0 fully saturated rings. The van der Waals surface area contributed by atoms with Crippen LogP contribution in [0.15, 0.2) is 41.2 Å². The minimum Gasteiger partial charge on any atom is -0.472 e. The average molecular weight is 254 g/mol. The van der Waals surface area contributed by atoms with Crippen molar-refractivity contribution in [2.24, 2.45) is 5.73 Å². The molecule has 1 heterocycles. The highest BCUT2D eigenvalue weighted by molar-refractivity contribution is 6.31. The van der Waals surface area contributed by atoms with Gasteiger partial charge in [-0.2, -0.15) is 0 Å². The normalized spacial score (nSPS) is 12.6. The molecule has 1 aromatic heterocycles. The highest BCUT2D eigenvalue weighted by Crippen LogP contribution is 2.19. The molecule has 17 heavy (non-hydrogen) atoms. The van der Waals surface area contributed by atoms with Crippen LogP contribution >= 0.6 is 11.6 Å². The van der Waals surface area contributed by atoms with E-state index in [1.54, 1.807) is 18.6 Å². The molecule has 2 nitrogen and oxygen atoms in total. The molecule has 1 atom stereocenters. The third-order valence-corrected chi connectivity index (χ3v) is 2.93. The van der Waals surface area contributed by atoms with Crippen LogP contribution in [0.3, 0.4) is 0 Å². The molecular weight excluding hydrogens is 241 g/mol. The van der Waals surface area contributed by atoms with Crippen molar-refractivity contribution in [2.45, 2.75) is 18.9 Å². The van der Waals surface area contributed by atoms with E-state index in [4.69, 9.17) is 21.8 Å². The summed E-state index contributed by atoms with van der Waals surface area (Å²) < 4.78 is 17.8. The van der Waals surface area contributed by atoms with Crippen LogP contribution in [-0.4, -0.2) is 6.04 Å². The average Bonchev–Trinajstić information content (AvgIpc) is 2.75. The molecule has 2 N–H and O–H groups in total. The number of hydrogen-bond acceptors (Lipinski definition) is 2. The van der Waals surface area contributed by atoms with Gasteiger partial charge in [-0.15, -0.1) is 0 Å². The molecule has 0 saturated carbocycles. The van der Waals surface area contributed by atoms with Gasteiger partial charge in [0, 0.05) is 11.1 Å². The number of hydrogen-bond donors (Lipinski definition) is 1. The number of nitrogens with two attached hydrogens (primary N) is 1. The van der Waals surface area contributed by atoms with Gasteiger partial charge in [0.2, 0.25) is 0 Å². The van der Waals surface area contributed by atoms with E-state index in [1.807, 2.05) is 6.07 Å². The molecule has 0 amide bonds. The molecule has 4 heteroatoms. The smallest absolute Gasteiger partial charge is 0.124 e. The van der Waals surface area contributed by atoms with Crippen LogP contribution in [0.5, 0.6) is 0 Å². The number of furan rings is 1. The SMILES string of the molecule is NC(Cc1ccoc1)Cc1ccc(F)cc1Cl. The first-order valence-electron chi connectivity index (χ1n) is 5.36. The van der Waals surface area contributed by atoms with E-state index >= 15 is 0 Å². The maximum Gasteiger partial charge on any atom is 0.124 e. The second kappa shape index (κ2) is 5.34. The molecule has 1 unspecified atom stereocenters. The standard InChI is InChI=1S/C13H13ClFNO/c14-13-7-11(15)2-1-10(13)6-12(16)5-9-3-4-17-8-9/h1-4,7-8,12H,5-6,16H2. The molecule has 0 saturated heterocycles. The molecule has 90 valence electrons. The summed E-state index contributed by atoms with van der Waals surface area (Å²) in [6, 6.07) is 6.20. The Kier molecular flexibility index (Phi) is 3.82. The molecule has 0 aliphatic rings. The Labute approximate surface area is 104 Å². The lowest BCUT2D eigenvalue weighted by atomic mass is 10.0. The Hall–Kier alpha value is -1.32. The highest BCUT2D eigenvalue weighted by Gasteiger charge is 2.09. The van der Waals surface area contributed by atoms with Crippen LogP contribution in [0.4, 0.5) is 4.39 Å². The third-order valence-electron chi connectivity index (χ3n) is 2.58. The van der Waals surface area contributed by atoms with Gasteiger partial charge in [-0.25, -0.2) is 4.39 Å². The van der Waals surface area contributed by atoms with Crippen molar-refractivity contribution in [1.29, 1.82) is 0 Å². The Bertz CT molecular complexity index is 484. The van der Waals surface area contributed by atoms with Gasteiger partial charge >= 0.3 is 0 Å². The van der Waals surface area contributed by atoms with Crippen molar-refractivity contribution in [1.82, 2.24) is 0 Å². The van der Waals surface area contributed by atoms with Crippen LogP contribution in [-0.2, 0) is 12.8 Å². The number of halogens is 2. The van der Waals surface area contributed by atoms with Crippen LogP contribution in [0.25, 0.3) is 0 Å². The summed E-state index contributed by atoms with van der Waals surface area (Å²) in [5.74, 6) is -0.331. The van der Waals surface area contributed by atoms with Gasteiger partial charge in [0.1, 0.15) is 5.82 Å². The minimum absolute atomic E-state index is 0.0597. The first kappa shape index (κ1) is 12.1. The maximum atomic E-state index is 12.9. The first-order valence-corrected chi connectivity index (χ1v) is 5.73. The molecule has 2 rings (SSSR count). The molecule has 0 aliphatic heterocycles. The lowest BCUT2D eigenvalue weighted by molar-refractivity contribution is 0.559. The lowest BCUT2D eigenvalue weighted by Crippen LogP contribution is -2.25. The van der Waals surface area contributed by atoms with Gasteiger partial charge in [0.15, 0.2) is 0 Å². The molecule has 1 aromatic carbocycles. The summed E-state index contributed by atoms with van der Waals surface area (Å²) in [7, 11) is 0. The summed E-state index contributed by atoms with van der Waals surface area (Å²) in [4.78, 5) is 0. The molecule has 2 aromatic rings. The maximum absolute atomic E-state index is 12.9. The topological polar surface area (TPSA) is 39.2 Å². The zero-order valence-corrected chi connectivity index (χ0v) is 9.95. The molecule has 0 bridgehead atoms. The van der Waals surface area contributed by atoms with Crippen LogP contribution in [0, 0.1) is 5.82 Å². The van der Waals surface area contributed by atoms with E-state index in [1.165, 1.54) is 12.1 Å². The largest absolute Gasteiger partial charge is 0.472 e. The zero-order chi connectivity index (χ0) is 12.3. The minimum atomic E-state index is -0.331. The Balaban J connectivity index is 2.00. The Morgan fingerprint density at radius 1 is 1.29 bits per heavy atom. The Morgan fingerprint density at radius 2 is 2.12 bits per heavy atom. The number of rotatable bonds is 4. The highest BCUT2D eigenvalue weighted by atomic mass is 35.5. The summed E-state index contributed by atoms with van der Waals surface area (Å²) in [5, 5.41) is 0.424. The van der Waals surface area contributed by atoms with E-state index < -0.39 is 0 Å². The number of benzene rings is 1. The van der Waals surface area contributed by atoms with Crippen LogP contribution < -0.4 is 5.73 Å². The van der Waals surface area contributed by atoms with E-state index in [9.17, 15) is 4.39 Å². The summed E-state index contributed by atoms with van der Waals surface area (Å²) in [5.41, 5.74) is 7.93. The summed E-state index contributed by atoms with van der Waals surface area (Å²) in [6.45, 7) is 0. The van der Waals surface area contributed by atoms with Gasteiger partial charge in [-0.1, -0.05) is 17.7 Å². The second-order valence-electron chi connectivity index (χ2n) is 4.04. The zero-order valence-electron chi connectivity index (χ0n) is 9.20. The van der Waals surface area contributed by atoms with Crippen molar-refractivity contribution >= 4 is 11.6 Å². The molecule has 0 aliphatic carbocycles.